The highest BCUT2D eigenvalue weighted by Crippen LogP contribution is 2.53. The normalized spacial score (nSPS) is 16.2. The van der Waals surface area contributed by atoms with Crippen LogP contribution in [-0.4, -0.2) is 32.0 Å². The van der Waals surface area contributed by atoms with Crippen molar-refractivity contribution in [3.05, 3.63) is 129 Å². The highest BCUT2D eigenvalue weighted by molar-refractivity contribution is 6.35. The second kappa shape index (κ2) is 15.1. The van der Waals surface area contributed by atoms with Gasteiger partial charge in [0.25, 0.3) is 0 Å². The first-order valence-corrected chi connectivity index (χ1v) is 19.9. The molecule has 4 aromatic carbocycles. The number of benzene rings is 4. The SMILES string of the molecule is Cc1cc2c(c(O)c1-c1c(C)cc3c(c1O)/C(=C/Nc1ccc(C(C)(C)C)cc1)C(=O)C(O)=C3C(C)C)/C(=C/Nc1ccc(C(C)(C)C)cc1)C(=O)C(O)=C2C(C)C. The third-order valence-corrected chi connectivity index (χ3v) is 11.2. The summed E-state index contributed by atoms with van der Waals surface area (Å²) in [5, 5.41) is 54.0. The molecule has 0 aromatic heterocycles. The molecule has 0 spiro atoms. The Hall–Kier alpha value is -6.02. The van der Waals surface area contributed by atoms with Crippen LogP contribution in [0.25, 0.3) is 33.4 Å². The van der Waals surface area contributed by atoms with E-state index in [1.807, 2.05) is 88.4 Å². The van der Waals surface area contributed by atoms with Gasteiger partial charge >= 0.3 is 0 Å². The second-order valence-electron chi connectivity index (χ2n) is 18.2. The maximum absolute atomic E-state index is 14.0. The van der Waals surface area contributed by atoms with Crippen molar-refractivity contribution in [2.75, 3.05) is 10.6 Å². The van der Waals surface area contributed by atoms with Crippen molar-refractivity contribution in [2.24, 2.45) is 11.8 Å². The number of carbonyl (C=O) groups excluding carboxylic acids is 2. The van der Waals surface area contributed by atoms with Crippen LogP contribution in [0.1, 0.15) is 114 Å². The molecule has 8 heteroatoms. The molecule has 0 radical (unpaired) electrons. The number of phenols is 2. The fraction of sp³-hybridized carbons (Fsp3) is 0.320. The van der Waals surface area contributed by atoms with E-state index in [1.165, 1.54) is 12.4 Å². The van der Waals surface area contributed by atoms with Crippen LogP contribution in [0.15, 0.2) is 84.6 Å². The Bertz CT molecular complexity index is 2300. The number of anilines is 2. The van der Waals surface area contributed by atoms with Gasteiger partial charge in [-0.05, 0) is 94.2 Å². The molecule has 0 aliphatic heterocycles. The minimum Gasteiger partial charge on any atom is -0.507 e. The largest absolute Gasteiger partial charge is 0.507 e. The van der Waals surface area contributed by atoms with Crippen LogP contribution < -0.4 is 10.6 Å². The van der Waals surface area contributed by atoms with E-state index in [4.69, 9.17) is 0 Å². The Morgan fingerprint density at radius 1 is 0.517 bits per heavy atom. The maximum Gasteiger partial charge on any atom is 0.229 e. The van der Waals surface area contributed by atoms with Crippen molar-refractivity contribution in [3.63, 3.8) is 0 Å². The summed E-state index contributed by atoms with van der Waals surface area (Å²) < 4.78 is 0. The summed E-state index contributed by atoms with van der Waals surface area (Å²) in [6.07, 6.45) is 3.00. The van der Waals surface area contributed by atoms with Gasteiger partial charge in [0.2, 0.25) is 11.6 Å². The average Bonchev–Trinajstić information content (AvgIpc) is 3.13. The molecule has 58 heavy (non-hydrogen) atoms. The summed E-state index contributed by atoms with van der Waals surface area (Å²) in [6.45, 7) is 23.9. The van der Waals surface area contributed by atoms with Crippen LogP contribution in [0, 0.1) is 25.7 Å². The third kappa shape index (κ3) is 7.32. The quantitative estimate of drug-likeness (QED) is 0.102. The number of ketones is 2. The van der Waals surface area contributed by atoms with Crippen LogP contribution in [0.5, 0.6) is 11.5 Å². The number of rotatable bonds is 7. The summed E-state index contributed by atoms with van der Waals surface area (Å²) in [4.78, 5) is 28.1. The van der Waals surface area contributed by atoms with E-state index in [-0.39, 0.29) is 79.1 Å². The lowest BCUT2D eigenvalue weighted by Crippen LogP contribution is -2.20. The molecule has 2 aliphatic carbocycles. The summed E-state index contributed by atoms with van der Waals surface area (Å²) in [5.41, 5.74) is 7.66. The fourth-order valence-electron chi connectivity index (χ4n) is 8.07. The van der Waals surface area contributed by atoms with Crippen LogP contribution >= 0.6 is 0 Å². The number of carbonyl (C=O) groups is 2. The van der Waals surface area contributed by atoms with Gasteiger partial charge in [-0.3, -0.25) is 9.59 Å². The summed E-state index contributed by atoms with van der Waals surface area (Å²) in [6, 6.07) is 19.3. The zero-order valence-corrected chi connectivity index (χ0v) is 35.7. The predicted octanol–water partition coefficient (Wildman–Crippen LogP) is 11.9. The van der Waals surface area contributed by atoms with Gasteiger partial charge in [-0.25, -0.2) is 0 Å². The molecule has 0 amide bonds. The van der Waals surface area contributed by atoms with Crippen molar-refractivity contribution in [1.82, 2.24) is 0 Å². The van der Waals surface area contributed by atoms with Crippen LogP contribution in [0.3, 0.4) is 0 Å². The first kappa shape index (κ1) is 41.6. The number of aliphatic hydroxyl groups excluding tert-OH is 2. The molecular weight excluding hydrogens is 725 g/mol. The van der Waals surface area contributed by atoms with Gasteiger partial charge in [0.05, 0.1) is 11.1 Å². The number of aryl methyl sites for hydroxylation is 2. The molecule has 0 saturated carbocycles. The van der Waals surface area contributed by atoms with Gasteiger partial charge in [-0.15, -0.1) is 0 Å². The number of hydrogen-bond acceptors (Lipinski definition) is 8. The number of allylic oxidation sites excluding steroid dienone is 4. The zero-order valence-electron chi connectivity index (χ0n) is 35.7. The van der Waals surface area contributed by atoms with Crippen molar-refractivity contribution < 1.29 is 30.0 Å². The number of nitrogens with one attached hydrogen (secondary N) is 2. The Balaban J connectivity index is 1.57. The predicted molar refractivity (Wildman–Crippen MR) is 237 cm³/mol. The molecule has 302 valence electrons. The van der Waals surface area contributed by atoms with E-state index in [0.717, 1.165) is 11.1 Å². The Kier molecular flexibility index (Phi) is 10.8. The lowest BCUT2D eigenvalue weighted by molar-refractivity contribution is -0.113. The highest BCUT2D eigenvalue weighted by atomic mass is 16.3. The van der Waals surface area contributed by atoms with Gasteiger partial charge < -0.3 is 31.1 Å². The van der Waals surface area contributed by atoms with E-state index in [9.17, 15) is 30.0 Å². The number of aromatic hydroxyl groups is 2. The van der Waals surface area contributed by atoms with E-state index >= 15 is 0 Å². The van der Waals surface area contributed by atoms with Gasteiger partial charge in [0.15, 0.2) is 11.5 Å². The van der Waals surface area contributed by atoms with Crippen molar-refractivity contribution in [2.45, 2.75) is 93.9 Å². The molecule has 8 nitrogen and oxygen atoms in total. The number of Topliss-reactive ketones (excluding diaryl/α,β-unsaturated/α-hetero) is 2. The molecule has 6 N–H and O–H groups in total. The first-order valence-electron chi connectivity index (χ1n) is 19.9. The molecule has 0 atom stereocenters. The minimum atomic E-state index is -0.647. The topological polar surface area (TPSA) is 139 Å². The van der Waals surface area contributed by atoms with Crippen molar-refractivity contribution >= 4 is 45.2 Å². The molecule has 6 rings (SSSR count). The smallest absolute Gasteiger partial charge is 0.229 e. The monoisotopic (exact) mass is 780 g/mol. The van der Waals surface area contributed by atoms with E-state index in [1.54, 1.807) is 13.8 Å². The molecule has 2 aliphatic rings. The molecular formula is C50H56N2O6. The minimum absolute atomic E-state index is 0.0503. The second-order valence-corrected chi connectivity index (χ2v) is 18.2. The summed E-state index contributed by atoms with van der Waals surface area (Å²) in [5.74, 6) is -3.12. The maximum atomic E-state index is 14.0. The van der Waals surface area contributed by atoms with Crippen molar-refractivity contribution in [3.8, 4) is 22.6 Å². The van der Waals surface area contributed by atoms with Gasteiger partial charge in [0, 0.05) is 57.2 Å². The van der Waals surface area contributed by atoms with E-state index in [2.05, 4.69) is 52.2 Å². The van der Waals surface area contributed by atoms with E-state index < -0.39 is 11.6 Å². The molecule has 4 aromatic rings. The van der Waals surface area contributed by atoms with Gasteiger partial charge in [0.1, 0.15) is 11.5 Å². The average molecular weight is 781 g/mol. The highest BCUT2D eigenvalue weighted by Gasteiger charge is 2.38. The number of fused-ring (bicyclic) bond motifs is 2. The lowest BCUT2D eigenvalue weighted by Gasteiger charge is -2.29. The first-order chi connectivity index (χ1) is 27.0. The van der Waals surface area contributed by atoms with Gasteiger partial charge in [-0.1, -0.05) is 106 Å². The van der Waals surface area contributed by atoms with Crippen LogP contribution in [0.4, 0.5) is 11.4 Å². The summed E-state index contributed by atoms with van der Waals surface area (Å²) >= 11 is 0. The Morgan fingerprint density at radius 2 is 0.828 bits per heavy atom. The van der Waals surface area contributed by atoms with E-state index in [0.29, 0.717) is 44.8 Å². The zero-order chi connectivity index (χ0) is 42.8. The lowest BCUT2D eigenvalue weighted by atomic mass is 9.75. The Labute approximate surface area is 342 Å². The summed E-state index contributed by atoms with van der Waals surface area (Å²) in [7, 11) is 0. The molecule has 0 bridgehead atoms. The molecule has 0 heterocycles. The van der Waals surface area contributed by atoms with Crippen molar-refractivity contribution in [1.29, 1.82) is 0 Å². The molecule has 0 unspecified atom stereocenters. The van der Waals surface area contributed by atoms with Gasteiger partial charge in [-0.2, -0.15) is 0 Å². The number of hydrogen-bond donors (Lipinski definition) is 6. The fourth-order valence-corrected chi connectivity index (χ4v) is 8.07. The number of phenolic OH excluding ortho intramolecular Hbond substituents is 2. The third-order valence-electron chi connectivity index (χ3n) is 11.2. The molecule has 0 saturated heterocycles. The number of aliphatic hydroxyl groups is 2. The standard InChI is InChI=1S/C50H56N2O6/c1-25(2)37-33-21-27(5)39(45(55)41(33)35(43(53)47(37)57)23-51-31-17-13-29(14-18-31)49(7,8)9)40-28(6)22-34-38(26(3)4)48(58)44(54)36(42(34)46(40)56)24-52-32-19-15-30(16-20-32)50(10,11)12/h13-26,51-52,55-58H,1-12H3/b35-23-,36-24-. The van der Waals surface area contributed by atoms with Crippen LogP contribution in [-0.2, 0) is 20.4 Å². The Morgan fingerprint density at radius 3 is 1.10 bits per heavy atom. The molecule has 0 fully saturated rings. The van der Waals surface area contributed by atoms with Crippen LogP contribution in [0.2, 0.25) is 0 Å².